The molecule has 0 radical (unpaired) electrons. The van der Waals surface area contributed by atoms with Gasteiger partial charge in [0.25, 0.3) is 5.56 Å². The fourth-order valence-corrected chi connectivity index (χ4v) is 3.44. The molecule has 0 spiro atoms. The third-order valence-corrected chi connectivity index (χ3v) is 5.13. The number of benzene rings is 1. The maximum Gasteiger partial charge on any atom is 0.280 e. The van der Waals surface area contributed by atoms with Gasteiger partial charge in [0, 0.05) is 19.8 Å². The lowest BCUT2D eigenvalue weighted by molar-refractivity contribution is -0.0501. The lowest BCUT2D eigenvalue weighted by Gasteiger charge is -2.18. The summed E-state index contributed by atoms with van der Waals surface area (Å²) in [5, 5.41) is 34.2. The first kappa shape index (κ1) is 21.7. The minimum Gasteiger partial charge on any atom is -0.394 e. The predicted octanol–water partition coefficient (Wildman–Crippen LogP) is -1.17. The van der Waals surface area contributed by atoms with Gasteiger partial charge < -0.3 is 30.7 Å². The second kappa shape index (κ2) is 8.55. The van der Waals surface area contributed by atoms with Crippen molar-refractivity contribution in [2.75, 3.05) is 36.8 Å². The van der Waals surface area contributed by atoms with E-state index < -0.39 is 36.7 Å². The summed E-state index contributed by atoms with van der Waals surface area (Å²) < 4.78 is 6.87. The number of hydrogen-bond acceptors (Lipinski definition) is 11. The number of fused-ring (bicyclic) bond motifs is 1. The van der Waals surface area contributed by atoms with Crippen LogP contribution in [0.25, 0.3) is 11.2 Å². The Balaban J connectivity index is 1.70. The van der Waals surface area contributed by atoms with Gasteiger partial charge in [-0.05, 0) is 17.7 Å². The van der Waals surface area contributed by atoms with Crippen molar-refractivity contribution in [3.05, 3.63) is 40.2 Å². The Kier molecular flexibility index (Phi) is 5.80. The SMILES string of the molecule is CN(C)c1ccc(/C=N\Nc2nc3c(=O)[nH]c(N)nc3n2[C@H]2O[C@@H](CO)[C@@H](O)[C@@H]2O)cc1. The average molecular weight is 444 g/mol. The fraction of sp³-hybridized carbons (Fsp3) is 0.368. The third kappa shape index (κ3) is 3.89. The van der Waals surface area contributed by atoms with E-state index in [1.165, 1.54) is 4.57 Å². The highest BCUT2D eigenvalue weighted by Crippen LogP contribution is 2.33. The van der Waals surface area contributed by atoms with Crippen molar-refractivity contribution in [2.45, 2.75) is 24.5 Å². The van der Waals surface area contributed by atoms with E-state index in [0.717, 1.165) is 11.3 Å². The smallest absolute Gasteiger partial charge is 0.280 e. The van der Waals surface area contributed by atoms with Gasteiger partial charge in [-0.2, -0.15) is 10.1 Å². The van der Waals surface area contributed by atoms with Gasteiger partial charge in [0.15, 0.2) is 17.4 Å². The molecule has 4 atom stereocenters. The Morgan fingerprint density at radius 2 is 2.00 bits per heavy atom. The number of nitrogens with zero attached hydrogens (tertiary/aromatic N) is 5. The number of hydrazone groups is 1. The average Bonchev–Trinajstić information content (AvgIpc) is 3.25. The van der Waals surface area contributed by atoms with Crippen molar-refractivity contribution >= 4 is 35.0 Å². The minimum atomic E-state index is -1.42. The Bertz CT molecular complexity index is 1190. The van der Waals surface area contributed by atoms with Crippen molar-refractivity contribution in [1.29, 1.82) is 0 Å². The molecule has 1 aliphatic rings. The number of rotatable bonds is 6. The second-order valence-corrected chi connectivity index (χ2v) is 7.51. The van der Waals surface area contributed by atoms with E-state index in [9.17, 15) is 20.1 Å². The molecule has 4 rings (SSSR count). The van der Waals surface area contributed by atoms with Crippen LogP contribution in [-0.2, 0) is 4.74 Å². The Morgan fingerprint density at radius 3 is 2.62 bits per heavy atom. The Hall–Kier alpha value is -3.52. The number of nitrogens with one attached hydrogen (secondary N) is 2. The quantitative estimate of drug-likeness (QED) is 0.200. The van der Waals surface area contributed by atoms with Crippen LogP contribution < -0.4 is 21.6 Å². The molecule has 2 aromatic heterocycles. The molecule has 13 heteroatoms. The van der Waals surface area contributed by atoms with Crippen molar-refractivity contribution in [3.8, 4) is 0 Å². The largest absolute Gasteiger partial charge is 0.394 e. The van der Waals surface area contributed by atoms with Gasteiger partial charge in [-0.1, -0.05) is 12.1 Å². The molecule has 32 heavy (non-hydrogen) atoms. The molecule has 13 nitrogen and oxygen atoms in total. The molecule has 3 aromatic rings. The molecule has 0 saturated carbocycles. The molecule has 1 aromatic carbocycles. The fourth-order valence-electron chi connectivity index (χ4n) is 3.44. The predicted molar refractivity (Wildman–Crippen MR) is 118 cm³/mol. The summed E-state index contributed by atoms with van der Waals surface area (Å²) in [5.41, 5.74) is 9.60. The highest BCUT2D eigenvalue weighted by molar-refractivity contribution is 5.81. The zero-order valence-corrected chi connectivity index (χ0v) is 17.4. The third-order valence-electron chi connectivity index (χ3n) is 5.13. The maximum absolute atomic E-state index is 12.3. The normalized spacial score (nSPS) is 23.3. The van der Waals surface area contributed by atoms with Gasteiger partial charge in [-0.25, -0.2) is 10.4 Å². The lowest BCUT2D eigenvalue weighted by atomic mass is 10.1. The van der Waals surface area contributed by atoms with E-state index in [1.807, 2.05) is 43.3 Å². The lowest BCUT2D eigenvalue weighted by Crippen LogP contribution is -2.33. The Morgan fingerprint density at radius 1 is 1.28 bits per heavy atom. The number of aliphatic hydroxyl groups excluding tert-OH is 3. The van der Waals surface area contributed by atoms with E-state index in [2.05, 4.69) is 25.5 Å². The van der Waals surface area contributed by atoms with Gasteiger partial charge in [0.05, 0.1) is 12.8 Å². The summed E-state index contributed by atoms with van der Waals surface area (Å²) in [5.74, 6) is -0.133. The van der Waals surface area contributed by atoms with E-state index in [4.69, 9.17) is 10.5 Å². The number of nitrogens with two attached hydrogens (primary N) is 1. The maximum atomic E-state index is 12.3. The summed E-state index contributed by atoms with van der Waals surface area (Å²) in [7, 11) is 3.88. The van der Waals surface area contributed by atoms with Crippen LogP contribution in [0.3, 0.4) is 0 Å². The summed E-state index contributed by atoms with van der Waals surface area (Å²) >= 11 is 0. The zero-order valence-electron chi connectivity index (χ0n) is 17.4. The topological polar surface area (TPSA) is 187 Å². The Labute approximate surface area is 181 Å². The van der Waals surface area contributed by atoms with Crippen molar-refractivity contribution in [1.82, 2.24) is 19.5 Å². The van der Waals surface area contributed by atoms with Gasteiger partial charge >= 0.3 is 0 Å². The monoisotopic (exact) mass is 444 g/mol. The van der Waals surface area contributed by atoms with Gasteiger partial charge in [-0.3, -0.25) is 14.3 Å². The second-order valence-electron chi connectivity index (χ2n) is 7.51. The first-order valence-electron chi connectivity index (χ1n) is 9.76. The number of aromatic amines is 1. The van der Waals surface area contributed by atoms with Gasteiger partial charge in [0.1, 0.15) is 18.3 Å². The van der Waals surface area contributed by atoms with Crippen LogP contribution in [0.4, 0.5) is 17.6 Å². The van der Waals surface area contributed by atoms with E-state index in [1.54, 1.807) is 6.21 Å². The summed E-state index contributed by atoms with van der Waals surface area (Å²) in [4.78, 5) is 24.9. The molecule has 0 amide bonds. The standard InChI is InChI=1S/C19H24N8O5/c1-26(2)10-5-3-9(4-6-10)7-21-25-19-22-12-15(23-18(20)24-16(12)31)27(19)17-14(30)13(29)11(8-28)32-17/h3-7,11,13-14,17,28-30H,8H2,1-2H3,(H,22,25)(H3,20,23,24,31)/b21-7-/t11-,13+,14-,17-/m0/s1. The van der Waals surface area contributed by atoms with Crippen LogP contribution in [0.15, 0.2) is 34.2 Å². The molecule has 7 N–H and O–H groups in total. The molecule has 1 aliphatic heterocycles. The summed E-state index contributed by atoms with van der Waals surface area (Å²) in [6.45, 7) is -0.513. The number of aliphatic hydroxyl groups is 3. The number of hydrogen-bond donors (Lipinski definition) is 6. The minimum absolute atomic E-state index is 0.0223. The molecule has 0 bridgehead atoms. The number of imidazole rings is 1. The molecule has 0 unspecified atom stereocenters. The summed E-state index contributed by atoms with van der Waals surface area (Å²) in [6, 6.07) is 7.62. The number of anilines is 3. The van der Waals surface area contributed by atoms with Crippen LogP contribution in [0.1, 0.15) is 11.8 Å². The molecule has 1 fully saturated rings. The van der Waals surface area contributed by atoms with E-state index in [-0.39, 0.29) is 23.1 Å². The summed E-state index contributed by atoms with van der Waals surface area (Å²) in [6.07, 6.45) is -3.45. The van der Waals surface area contributed by atoms with Crippen LogP contribution >= 0.6 is 0 Å². The van der Waals surface area contributed by atoms with Crippen LogP contribution in [-0.4, -0.2) is 80.1 Å². The molecular weight excluding hydrogens is 420 g/mol. The van der Waals surface area contributed by atoms with Crippen molar-refractivity contribution < 1.29 is 20.1 Å². The van der Waals surface area contributed by atoms with Crippen LogP contribution in [0.2, 0.25) is 0 Å². The first-order valence-corrected chi connectivity index (χ1v) is 9.76. The van der Waals surface area contributed by atoms with Crippen LogP contribution in [0.5, 0.6) is 0 Å². The van der Waals surface area contributed by atoms with Crippen molar-refractivity contribution in [2.24, 2.45) is 5.10 Å². The zero-order chi connectivity index (χ0) is 23.0. The number of aromatic nitrogens is 4. The molecule has 1 saturated heterocycles. The number of ether oxygens (including phenoxy) is 1. The van der Waals surface area contributed by atoms with Gasteiger partial charge in [-0.15, -0.1) is 0 Å². The van der Waals surface area contributed by atoms with Gasteiger partial charge in [0.2, 0.25) is 11.9 Å². The van der Waals surface area contributed by atoms with E-state index >= 15 is 0 Å². The van der Waals surface area contributed by atoms with Crippen LogP contribution in [0, 0.1) is 0 Å². The number of H-pyrrole nitrogens is 1. The molecule has 3 heterocycles. The highest BCUT2D eigenvalue weighted by Gasteiger charge is 2.45. The highest BCUT2D eigenvalue weighted by atomic mass is 16.6. The molecular formula is C19H24N8O5. The van der Waals surface area contributed by atoms with Crippen molar-refractivity contribution in [3.63, 3.8) is 0 Å². The molecule has 170 valence electrons. The van der Waals surface area contributed by atoms with E-state index in [0.29, 0.717) is 0 Å². The first-order chi connectivity index (χ1) is 15.3. The number of nitrogen functional groups attached to an aromatic ring is 1. The molecule has 0 aliphatic carbocycles.